The highest BCUT2D eigenvalue weighted by Crippen LogP contribution is 2.35. The summed E-state index contributed by atoms with van der Waals surface area (Å²) in [5.41, 5.74) is 0. The van der Waals surface area contributed by atoms with Crippen LogP contribution in [0.4, 0.5) is 22.0 Å². The molecule has 2 N–H and O–H groups in total. The first-order valence-electron chi connectivity index (χ1n) is 4.65. The molecular formula is C8H12F5NO2S. The van der Waals surface area contributed by atoms with E-state index in [1.807, 2.05) is 0 Å². The van der Waals surface area contributed by atoms with Crippen molar-refractivity contribution in [3.05, 3.63) is 0 Å². The predicted octanol–water partition coefficient (Wildman–Crippen LogP) is 1.42. The summed E-state index contributed by atoms with van der Waals surface area (Å²) in [7, 11) is 0. The Morgan fingerprint density at radius 2 is 1.76 bits per heavy atom. The third-order valence-electron chi connectivity index (χ3n) is 1.62. The number of nitrogens with one attached hydrogen (secondary N) is 1. The van der Waals surface area contributed by atoms with Gasteiger partial charge in [0.2, 0.25) is 0 Å². The van der Waals surface area contributed by atoms with Gasteiger partial charge in [-0.25, -0.2) is 0 Å². The van der Waals surface area contributed by atoms with Gasteiger partial charge < -0.3 is 10.4 Å². The van der Waals surface area contributed by atoms with E-state index in [1.165, 1.54) is 17.1 Å². The molecule has 0 radical (unpaired) electrons. The summed E-state index contributed by atoms with van der Waals surface area (Å²) in [5, 5.41) is 9.91. The van der Waals surface area contributed by atoms with Crippen LogP contribution in [-0.2, 0) is 4.79 Å². The highest BCUT2D eigenvalue weighted by Gasteiger charge is 2.63. The minimum Gasteiger partial charge on any atom is -0.396 e. The summed E-state index contributed by atoms with van der Waals surface area (Å²) in [5.74, 6) is -6.95. The van der Waals surface area contributed by atoms with Crippen LogP contribution in [0.2, 0.25) is 0 Å². The molecule has 0 bridgehead atoms. The first kappa shape index (κ1) is 16.4. The summed E-state index contributed by atoms with van der Waals surface area (Å²) in [6.07, 6.45) is -5.38. The maximum atomic E-state index is 12.4. The summed E-state index contributed by atoms with van der Waals surface area (Å²) < 4.78 is 59.9. The van der Waals surface area contributed by atoms with Gasteiger partial charge in [0.25, 0.3) is 5.91 Å². The van der Waals surface area contributed by atoms with E-state index < -0.39 is 18.0 Å². The van der Waals surface area contributed by atoms with Crippen LogP contribution in [0.3, 0.4) is 0 Å². The van der Waals surface area contributed by atoms with E-state index in [1.54, 1.807) is 0 Å². The van der Waals surface area contributed by atoms with Gasteiger partial charge in [-0.05, 0) is 12.2 Å². The molecule has 0 aliphatic carbocycles. The number of thioether (sulfide) groups is 1. The lowest BCUT2D eigenvalue weighted by Crippen LogP contribution is -2.50. The lowest BCUT2D eigenvalue weighted by atomic mass is 10.3. The van der Waals surface area contributed by atoms with Gasteiger partial charge >= 0.3 is 12.1 Å². The van der Waals surface area contributed by atoms with Gasteiger partial charge in [0.1, 0.15) is 0 Å². The fourth-order valence-corrected chi connectivity index (χ4v) is 1.53. The quantitative estimate of drug-likeness (QED) is 0.548. The van der Waals surface area contributed by atoms with Gasteiger partial charge in [-0.2, -0.15) is 33.7 Å². The number of rotatable bonds is 7. The SMILES string of the molecule is O=C(NCCSCCCO)C(F)(F)C(F)(F)F. The molecule has 102 valence electrons. The number of hydrogen-bond acceptors (Lipinski definition) is 3. The molecule has 0 saturated heterocycles. The lowest BCUT2D eigenvalue weighted by Gasteiger charge is -2.18. The molecule has 0 saturated carbocycles. The fraction of sp³-hybridized carbons (Fsp3) is 0.875. The van der Waals surface area contributed by atoms with Crippen molar-refractivity contribution >= 4 is 17.7 Å². The molecule has 0 heterocycles. The second-order valence-corrected chi connectivity index (χ2v) is 4.24. The topological polar surface area (TPSA) is 49.3 Å². The van der Waals surface area contributed by atoms with Gasteiger partial charge in [0.05, 0.1) is 0 Å². The number of hydrogen-bond donors (Lipinski definition) is 2. The van der Waals surface area contributed by atoms with Crippen molar-refractivity contribution in [2.24, 2.45) is 0 Å². The molecule has 0 aliphatic rings. The van der Waals surface area contributed by atoms with Crippen molar-refractivity contribution in [3.8, 4) is 0 Å². The highest BCUT2D eigenvalue weighted by molar-refractivity contribution is 7.99. The number of aliphatic hydroxyl groups is 1. The standard InChI is InChI=1S/C8H12F5NO2S/c9-7(10,8(11,12)13)6(16)14-2-5-17-4-1-3-15/h15H,1-5H2,(H,14,16). The minimum absolute atomic E-state index is 0.0223. The molecule has 0 unspecified atom stereocenters. The molecular weight excluding hydrogens is 269 g/mol. The molecule has 0 rings (SSSR count). The van der Waals surface area contributed by atoms with Gasteiger partial charge in [0, 0.05) is 18.9 Å². The smallest absolute Gasteiger partial charge is 0.396 e. The van der Waals surface area contributed by atoms with E-state index in [4.69, 9.17) is 5.11 Å². The van der Waals surface area contributed by atoms with Crippen molar-refractivity contribution < 1.29 is 31.9 Å². The second-order valence-electron chi connectivity index (χ2n) is 3.02. The summed E-state index contributed by atoms with van der Waals surface area (Å²) in [4.78, 5) is 10.6. The van der Waals surface area contributed by atoms with Gasteiger partial charge in [-0.3, -0.25) is 4.79 Å². The Kier molecular flexibility index (Phi) is 6.76. The number of aliphatic hydroxyl groups excluding tert-OH is 1. The molecule has 0 aliphatic heterocycles. The molecule has 3 nitrogen and oxygen atoms in total. The Hall–Kier alpha value is -0.570. The van der Waals surface area contributed by atoms with Crippen LogP contribution in [0.25, 0.3) is 0 Å². The van der Waals surface area contributed by atoms with Crippen LogP contribution < -0.4 is 5.32 Å². The number of carbonyl (C=O) groups is 1. The number of amides is 1. The Balaban J connectivity index is 3.87. The van der Waals surface area contributed by atoms with E-state index in [0.29, 0.717) is 12.2 Å². The highest BCUT2D eigenvalue weighted by atomic mass is 32.2. The molecule has 0 aromatic rings. The Morgan fingerprint density at radius 3 is 2.24 bits per heavy atom. The van der Waals surface area contributed by atoms with Crippen LogP contribution in [0.5, 0.6) is 0 Å². The van der Waals surface area contributed by atoms with Gasteiger partial charge in [-0.1, -0.05) is 0 Å². The van der Waals surface area contributed by atoms with Crippen LogP contribution in [0.1, 0.15) is 6.42 Å². The predicted molar refractivity (Wildman–Crippen MR) is 53.0 cm³/mol. The van der Waals surface area contributed by atoms with E-state index in [0.717, 1.165) is 0 Å². The number of halogens is 5. The average Bonchev–Trinajstić information content (AvgIpc) is 2.21. The van der Waals surface area contributed by atoms with Crippen molar-refractivity contribution in [1.82, 2.24) is 5.32 Å². The van der Waals surface area contributed by atoms with E-state index in [2.05, 4.69) is 0 Å². The van der Waals surface area contributed by atoms with Crippen molar-refractivity contribution in [2.75, 3.05) is 24.7 Å². The zero-order valence-electron chi connectivity index (χ0n) is 8.69. The monoisotopic (exact) mass is 281 g/mol. The summed E-state index contributed by atoms with van der Waals surface area (Å²) in [6, 6.07) is 0. The van der Waals surface area contributed by atoms with E-state index in [9.17, 15) is 26.7 Å². The molecule has 0 atom stereocenters. The van der Waals surface area contributed by atoms with E-state index >= 15 is 0 Å². The normalized spacial score (nSPS) is 12.6. The second kappa shape index (κ2) is 7.00. The zero-order valence-corrected chi connectivity index (χ0v) is 9.51. The molecule has 0 fully saturated rings. The third kappa shape index (κ3) is 5.53. The number of carbonyl (C=O) groups excluding carboxylic acids is 1. The van der Waals surface area contributed by atoms with Crippen LogP contribution in [0, 0.1) is 0 Å². The first-order chi connectivity index (χ1) is 7.73. The third-order valence-corrected chi connectivity index (χ3v) is 2.69. The maximum absolute atomic E-state index is 12.4. The Bertz CT molecular complexity index is 247. The molecule has 9 heteroatoms. The average molecular weight is 281 g/mol. The van der Waals surface area contributed by atoms with Crippen molar-refractivity contribution in [3.63, 3.8) is 0 Å². The molecule has 0 aromatic carbocycles. The van der Waals surface area contributed by atoms with Crippen LogP contribution in [0.15, 0.2) is 0 Å². The largest absolute Gasteiger partial charge is 0.463 e. The summed E-state index contributed by atoms with van der Waals surface area (Å²) in [6.45, 7) is -0.300. The van der Waals surface area contributed by atoms with Gasteiger partial charge in [0.15, 0.2) is 0 Å². The molecule has 0 aromatic heterocycles. The molecule has 17 heavy (non-hydrogen) atoms. The van der Waals surface area contributed by atoms with E-state index in [-0.39, 0.29) is 18.9 Å². The lowest BCUT2D eigenvalue weighted by molar-refractivity contribution is -0.269. The van der Waals surface area contributed by atoms with Crippen molar-refractivity contribution in [2.45, 2.75) is 18.5 Å². The maximum Gasteiger partial charge on any atom is 0.463 e. The first-order valence-corrected chi connectivity index (χ1v) is 5.80. The van der Waals surface area contributed by atoms with Crippen molar-refractivity contribution in [1.29, 1.82) is 0 Å². The Labute approximate surface area is 98.8 Å². The van der Waals surface area contributed by atoms with Crippen LogP contribution >= 0.6 is 11.8 Å². The molecule has 0 spiro atoms. The Morgan fingerprint density at radius 1 is 1.18 bits per heavy atom. The summed E-state index contributed by atoms with van der Waals surface area (Å²) >= 11 is 1.24. The fourth-order valence-electron chi connectivity index (χ4n) is 0.745. The van der Waals surface area contributed by atoms with Gasteiger partial charge in [-0.15, -0.1) is 0 Å². The van der Waals surface area contributed by atoms with Crippen LogP contribution in [-0.4, -0.2) is 47.8 Å². The minimum atomic E-state index is -5.87. The molecule has 1 amide bonds. The number of alkyl halides is 5. The zero-order chi connectivity index (χ0) is 13.5.